The first-order chi connectivity index (χ1) is 4.04. The molecule has 0 aliphatic carbocycles. The maximum Gasteiger partial charge on any atom is 0.287 e. The van der Waals surface area contributed by atoms with E-state index in [-0.39, 0.29) is 0 Å². The highest BCUT2D eigenvalue weighted by Gasteiger charge is 2.04. The fraction of sp³-hybridized carbons (Fsp3) is 0.400. The first kappa shape index (κ1) is 7.97. The molecule has 0 aromatic rings. The van der Waals surface area contributed by atoms with Crippen LogP contribution < -0.4 is 5.32 Å². The van der Waals surface area contributed by atoms with Crippen molar-refractivity contribution in [3.63, 3.8) is 0 Å². The van der Waals surface area contributed by atoms with Gasteiger partial charge in [-0.25, -0.2) is 0 Å². The van der Waals surface area contributed by atoms with Crippen LogP contribution in [0.1, 0.15) is 6.92 Å². The maximum atomic E-state index is 10.3. The topological polar surface area (TPSA) is 69.6 Å². The molecule has 0 spiro atoms. The molecule has 1 amide bonds. The van der Waals surface area contributed by atoms with E-state index in [1.165, 1.54) is 6.92 Å². The Morgan fingerprint density at radius 2 is 2.22 bits per heavy atom. The summed E-state index contributed by atoms with van der Waals surface area (Å²) < 4.78 is 0. The van der Waals surface area contributed by atoms with E-state index in [0.717, 1.165) is 0 Å². The van der Waals surface area contributed by atoms with E-state index >= 15 is 0 Å². The quantitative estimate of drug-likeness (QED) is 0.269. The predicted octanol–water partition coefficient (Wildman–Crippen LogP) is -0.487. The summed E-state index contributed by atoms with van der Waals surface area (Å²) in [5.74, 6) is -1.36. The van der Waals surface area contributed by atoms with Gasteiger partial charge in [-0.3, -0.25) is 4.79 Å². The van der Waals surface area contributed by atoms with Gasteiger partial charge >= 0.3 is 0 Å². The molecule has 1 unspecified atom stereocenters. The van der Waals surface area contributed by atoms with Crippen molar-refractivity contribution in [1.29, 1.82) is 0 Å². The van der Waals surface area contributed by atoms with E-state index in [9.17, 15) is 4.79 Å². The third-order valence-electron chi connectivity index (χ3n) is 0.602. The summed E-state index contributed by atoms with van der Waals surface area (Å²) in [6.45, 7) is 4.30. The van der Waals surface area contributed by atoms with E-state index < -0.39 is 17.9 Å². The van der Waals surface area contributed by atoms with Crippen molar-refractivity contribution < 1.29 is 15.0 Å². The van der Waals surface area contributed by atoms with Crippen LogP contribution in [0.2, 0.25) is 0 Å². The number of rotatable bonds is 2. The molecule has 0 rings (SSSR count). The Bertz CT molecular complexity index is 130. The lowest BCUT2D eigenvalue weighted by Crippen LogP contribution is -2.32. The summed E-state index contributed by atoms with van der Waals surface area (Å²) in [6.07, 6.45) is -0.957. The molecule has 52 valence electrons. The molecule has 4 heteroatoms. The van der Waals surface area contributed by atoms with Crippen LogP contribution in [0, 0.1) is 0 Å². The van der Waals surface area contributed by atoms with Crippen LogP contribution in [0.4, 0.5) is 0 Å². The molecule has 0 heterocycles. The van der Waals surface area contributed by atoms with Gasteiger partial charge in [0.25, 0.3) is 5.91 Å². The maximum absolute atomic E-state index is 10.3. The van der Waals surface area contributed by atoms with Gasteiger partial charge in [0.2, 0.25) is 0 Å². The van der Waals surface area contributed by atoms with Crippen LogP contribution in [-0.2, 0) is 4.79 Å². The number of aliphatic hydroxyl groups excluding tert-OH is 2. The molecule has 0 fully saturated rings. The van der Waals surface area contributed by atoms with Crippen LogP contribution in [0.5, 0.6) is 0 Å². The zero-order chi connectivity index (χ0) is 7.44. The second-order valence-electron chi connectivity index (χ2n) is 1.60. The van der Waals surface area contributed by atoms with Crippen molar-refractivity contribution in [2.45, 2.75) is 13.2 Å². The largest absolute Gasteiger partial charge is 0.503 e. The van der Waals surface area contributed by atoms with Gasteiger partial charge in [-0.15, -0.1) is 0 Å². The predicted molar refractivity (Wildman–Crippen MR) is 31.6 cm³/mol. The normalized spacial score (nSPS) is 12.2. The fourth-order valence-corrected chi connectivity index (χ4v) is 0.273. The molecule has 1 atom stereocenters. The molecule has 0 aliphatic rings. The smallest absolute Gasteiger partial charge is 0.287 e. The summed E-state index contributed by atoms with van der Waals surface area (Å²) in [7, 11) is 0. The Balaban J connectivity index is 3.65. The molecule has 0 aromatic carbocycles. The number of carbonyl (C=O) groups is 1. The summed E-state index contributed by atoms with van der Waals surface area (Å²) in [6, 6.07) is 0. The van der Waals surface area contributed by atoms with Crippen molar-refractivity contribution in [2.75, 3.05) is 0 Å². The Hall–Kier alpha value is -1.03. The highest BCUT2D eigenvalue weighted by molar-refractivity contribution is 5.90. The van der Waals surface area contributed by atoms with E-state index in [2.05, 4.69) is 6.58 Å². The summed E-state index contributed by atoms with van der Waals surface area (Å²) in [5.41, 5.74) is 0. The van der Waals surface area contributed by atoms with Crippen LogP contribution >= 0.6 is 0 Å². The minimum absolute atomic E-state index is 0.601. The SMILES string of the molecule is C=C(O)C(=O)NC(C)O. The van der Waals surface area contributed by atoms with Gasteiger partial charge in [-0.05, 0) is 6.92 Å². The first-order valence-electron chi connectivity index (χ1n) is 2.41. The lowest BCUT2D eigenvalue weighted by atomic mass is 10.5. The number of amides is 1. The Labute approximate surface area is 52.8 Å². The van der Waals surface area contributed by atoms with Crippen molar-refractivity contribution >= 4 is 5.91 Å². The first-order valence-corrected chi connectivity index (χ1v) is 2.41. The van der Waals surface area contributed by atoms with Crippen molar-refractivity contribution in [3.05, 3.63) is 12.3 Å². The van der Waals surface area contributed by atoms with Gasteiger partial charge in [0.05, 0.1) is 0 Å². The van der Waals surface area contributed by atoms with Crippen LogP contribution in [-0.4, -0.2) is 22.3 Å². The number of hydrogen-bond acceptors (Lipinski definition) is 3. The molecule has 0 saturated carbocycles. The average Bonchev–Trinajstić information content (AvgIpc) is 1.63. The molecule has 9 heavy (non-hydrogen) atoms. The van der Waals surface area contributed by atoms with Gasteiger partial charge in [0, 0.05) is 0 Å². The van der Waals surface area contributed by atoms with Gasteiger partial charge in [0.1, 0.15) is 6.23 Å². The standard InChI is InChI=1S/C5H9NO3/c1-3(7)5(9)6-4(2)8/h4,7-8H,1H2,2H3,(H,6,9). The van der Waals surface area contributed by atoms with Gasteiger partial charge in [-0.2, -0.15) is 0 Å². The molecule has 0 radical (unpaired) electrons. The Kier molecular flexibility index (Phi) is 2.73. The van der Waals surface area contributed by atoms with Gasteiger partial charge in [-0.1, -0.05) is 6.58 Å². The third kappa shape index (κ3) is 3.54. The number of carbonyl (C=O) groups excluding carboxylic acids is 1. The van der Waals surface area contributed by atoms with Gasteiger partial charge < -0.3 is 15.5 Å². The van der Waals surface area contributed by atoms with E-state index in [4.69, 9.17) is 10.2 Å². The zero-order valence-electron chi connectivity index (χ0n) is 5.09. The summed E-state index contributed by atoms with van der Waals surface area (Å²) in [5, 5.41) is 18.8. The molecule has 3 N–H and O–H groups in total. The van der Waals surface area contributed by atoms with Gasteiger partial charge in [0.15, 0.2) is 5.76 Å². The van der Waals surface area contributed by atoms with E-state index in [0.29, 0.717) is 0 Å². The fourth-order valence-electron chi connectivity index (χ4n) is 0.273. The molecule has 0 bridgehead atoms. The lowest BCUT2D eigenvalue weighted by Gasteiger charge is -2.04. The minimum atomic E-state index is -0.957. The molecule has 0 aliphatic heterocycles. The Morgan fingerprint density at radius 1 is 1.78 bits per heavy atom. The summed E-state index contributed by atoms with van der Waals surface area (Å²) in [4.78, 5) is 10.3. The van der Waals surface area contributed by atoms with E-state index in [1.807, 2.05) is 5.32 Å². The Morgan fingerprint density at radius 3 is 2.33 bits per heavy atom. The second kappa shape index (κ2) is 3.09. The lowest BCUT2D eigenvalue weighted by molar-refractivity contribution is -0.122. The van der Waals surface area contributed by atoms with Crippen LogP contribution in [0.3, 0.4) is 0 Å². The molecular formula is C5H9NO3. The number of hydrogen-bond donors (Lipinski definition) is 3. The highest BCUT2D eigenvalue weighted by Crippen LogP contribution is 1.81. The van der Waals surface area contributed by atoms with Crippen molar-refractivity contribution in [2.24, 2.45) is 0 Å². The molecule has 0 saturated heterocycles. The van der Waals surface area contributed by atoms with Crippen molar-refractivity contribution in [1.82, 2.24) is 5.32 Å². The third-order valence-corrected chi connectivity index (χ3v) is 0.602. The number of nitrogens with one attached hydrogen (secondary N) is 1. The minimum Gasteiger partial charge on any atom is -0.503 e. The van der Waals surface area contributed by atoms with E-state index in [1.54, 1.807) is 0 Å². The zero-order valence-corrected chi connectivity index (χ0v) is 5.09. The molecule has 4 nitrogen and oxygen atoms in total. The monoisotopic (exact) mass is 131 g/mol. The average molecular weight is 131 g/mol. The second-order valence-corrected chi connectivity index (χ2v) is 1.60. The summed E-state index contributed by atoms with van der Waals surface area (Å²) >= 11 is 0. The molecular weight excluding hydrogens is 122 g/mol. The van der Waals surface area contributed by atoms with Crippen LogP contribution in [0.25, 0.3) is 0 Å². The number of aliphatic hydroxyl groups is 2. The van der Waals surface area contributed by atoms with Crippen molar-refractivity contribution in [3.8, 4) is 0 Å². The molecule has 0 aromatic heterocycles. The highest BCUT2D eigenvalue weighted by atomic mass is 16.3. The van der Waals surface area contributed by atoms with Crippen LogP contribution in [0.15, 0.2) is 12.3 Å².